The minimum Gasteiger partial charge on any atom is -0.309 e. The largest absolute Gasteiger partial charge is 0.309 e. The number of thiophene rings is 1. The molecule has 0 aliphatic carbocycles. The molecule has 46 heavy (non-hydrogen) atoms. The molecule has 0 radical (unpaired) electrons. The van der Waals surface area contributed by atoms with E-state index in [2.05, 4.69) is 175 Å². The number of para-hydroxylation sites is 2. The monoisotopic (exact) mass is 604 g/mol. The molecule has 3 heteroatoms. The maximum Gasteiger partial charge on any atom is 0.0789 e. The molecule has 0 unspecified atom stereocenters. The Labute approximate surface area is 271 Å². The van der Waals surface area contributed by atoms with Crippen LogP contribution in [0.4, 0.5) is 17.1 Å². The Balaban J connectivity index is 1.45. The van der Waals surface area contributed by atoms with Crippen LogP contribution < -0.4 is 4.90 Å². The van der Waals surface area contributed by atoms with Crippen LogP contribution in [0.3, 0.4) is 0 Å². The van der Waals surface area contributed by atoms with Crippen LogP contribution in [-0.4, -0.2) is 4.98 Å². The molecule has 0 aliphatic rings. The highest BCUT2D eigenvalue weighted by atomic mass is 32.1. The normalized spacial score (nSPS) is 11.5. The molecule has 0 bridgehead atoms. The van der Waals surface area contributed by atoms with Crippen molar-refractivity contribution < 1.29 is 0 Å². The summed E-state index contributed by atoms with van der Waals surface area (Å²) in [6.07, 6.45) is 0. The van der Waals surface area contributed by atoms with E-state index in [4.69, 9.17) is 4.98 Å². The van der Waals surface area contributed by atoms with Gasteiger partial charge in [-0.05, 0) is 53.6 Å². The van der Waals surface area contributed by atoms with Crippen molar-refractivity contribution >= 4 is 70.2 Å². The summed E-state index contributed by atoms with van der Waals surface area (Å²) in [6, 6.07) is 60.7. The lowest BCUT2D eigenvalue weighted by atomic mass is 9.95. The number of pyridine rings is 1. The summed E-state index contributed by atoms with van der Waals surface area (Å²) >= 11 is 1.87. The van der Waals surface area contributed by atoms with Crippen molar-refractivity contribution in [1.29, 1.82) is 0 Å². The Morgan fingerprint density at radius 3 is 1.83 bits per heavy atom. The first-order valence-electron chi connectivity index (χ1n) is 15.6. The van der Waals surface area contributed by atoms with Gasteiger partial charge < -0.3 is 4.90 Å². The molecule has 0 amide bonds. The van der Waals surface area contributed by atoms with Crippen molar-refractivity contribution in [3.05, 3.63) is 170 Å². The maximum absolute atomic E-state index is 5.33. The molecule has 2 nitrogen and oxygen atoms in total. The quantitative estimate of drug-likeness (QED) is 0.182. The van der Waals surface area contributed by atoms with E-state index in [1.807, 2.05) is 11.3 Å². The molecule has 9 rings (SSSR count). The number of fused-ring (bicyclic) bond motifs is 7. The molecule has 0 fully saturated rings. The standard InChI is InChI=1S/C43H28N2S/c1-4-15-29(16-5-1)31-19-14-22-33(27-31)45(32-20-8-3-9-21-32)38-28-36-40(41-35-24-11-13-26-39(35)46-43(38)41)34-23-10-12-25-37(34)44-42(36)30-17-6-2-7-18-30/h1-28H. The molecule has 7 aromatic carbocycles. The average molecular weight is 605 g/mol. The lowest BCUT2D eigenvalue weighted by molar-refractivity contribution is 1.30. The Hall–Kier alpha value is -5.77. The maximum atomic E-state index is 5.33. The fourth-order valence-electron chi connectivity index (χ4n) is 6.75. The van der Waals surface area contributed by atoms with Gasteiger partial charge in [-0.15, -0.1) is 11.3 Å². The molecule has 216 valence electrons. The van der Waals surface area contributed by atoms with Gasteiger partial charge in [-0.25, -0.2) is 4.98 Å². The highest BCUT2D eigenvalue weighted by Gasteiger charge is 2.23. The van der Waals surface area contributed by atoms with Crippen LogP contribution in [0.25, 0.3) is 64.2 Å². The van der Waals surface area contributed by atoms with Gasteiger partial charge in [0, 0.05) is 48.6 Å². The van der Waals surface area contributed by atoms with Gasteiger partial charge in [0.1, 0.15) is 0 Å². The minimum absolute atomic E-state index is 0.999. The van der Waals surface area contributed by atoms with Gasteiger partial charge in [0.15, 0.2) is 0 Å². The number of hydrogen-bond acceptors (Lipinski definition) is 3. The van der Waals surface area contributed by atoms with Gasteiger partial charge in [-0.1, -0.05) is 127 Å². The van der Waals surface area contributed by atoms with Gasteiger partial charge in [-0.3, -0.25) is 0 Å². The number of benzene rings is 7. The van der Waals surface area contributed by atoms with Crippen LogP contribution in [0.1, 0.15) is 0 Å². The van der Waals surface area contributed by atoms with E-state index < -0.39 is 0 Å². The molecule has 0 saturated heterocycles. The van der Waals surface area contributed by atoms with E-state index in [0.717, 1.165) is 39.2 Å². The fourth-order valence-corrected chi connectivity index (χ4v) is 7.97. The molecule has 0 saturated carbocycles. The number of anilines is 3. The summed E-state index contributed by atoms with van der Waals surface area (Å²) in [5.41, 5.74) is 8.87. The third kappa shape index (κ3) is 4.36. The van der Waals surface area contributed by atoms with Crippen LogP contribution in [0.5, 0.6) is 0 Å². The van der Waals surface area contributed by atoms with E-state index in [1.165, 1.54) is 42.1 Å². The van der Waals surface area contributed by atoms with Crippen LogP contribution in [0, 0.1) is 0 Å². The molecule has 0 atom stereocenters. The van der Waals surface area contributed by atoms with Crippen LogP contribution in [0.15, 0.2) is 170 Å². The Bertz CT molecular complexity index is 2520. The number of rotatable bonds is 5. The third-order valence-corrected chi connectivity index (χ3v) is 10.00. The zero-order valence-corrected chi connectivity index (χ0v) is 25.8. The second-order valence-electron chi connectivity index (χ2n) is 11.6. The topological polar surface area (TPSA) is 16.1 Å². The molecule has 0 N–H and O–H groups in total. The molecular formula is C43H28N2S. The summed E-state index contributed by atoms with van der Waals surface area (Å²) < 4.78 is 2.54. The van der Waals surface area contributed by atoms with E-state index in [9.17, 15) is 0 Å². The average Bonchev–Trinajstić information content (AvgIpc) is 3.53. The first kappa shape index (κ1) is 26.6. The first-order valence-corrected chi connectivity index (χ1v) is 16.4. The van der Waals surface area contributed by atoms with E-state index in [0.29, 0.717) is 0 Å². The van der Waals surface area contributed by atoms with Crippen molar-refractivity contribution in [3.63, 3.8) is 0 Å². The van der Waals surface area contributed by atoms with Gasteiger partial charge in [0.05, 0.1) is 21.6 Å². The molecule has 9 aromatic rings. The SMILES string of the molecule is c1ccc(-c2cccc(N(c3ccccc3)c3cc4c(-c5ccccc5)nc5ccccc5c4c4c3sc3ccccc34)c2)cc1. The predicted molar refractivity (Wildman–Crippen MR) is 198 cm³/mol. The highest BCUT2D eigenvalue weighted by molar-refractivity contribution is 7.26. The molecule has 2 aromatic heterocycles. The summed E-state index contributed by atoms with van der Waals surface area (Å²) in [5.74, 6) is 0. The summed E-state index contributed by atoms with van der Waals surface area (Å²) in [7, 11) is 0. The van der Waals surface area contributed by atoms with Crippen LogP contribution in [-0.2, 0) is 0 Å². The van der Waals surface area contributed by atoms with Gasteiger partial charge in [-0.2, -0.15) is 0 Å². The second kappa shape index (κ2) is 11.0. The molecule has 2 heterocycles. The van der Waals surface area contributed by atoms with Gasteiger partial charge in [0.25, 0.3) is 0 Å². The van der Waals surface area contributed by atoms with Gasteiger partial charge >= 0.3 is 0 Å². The number of nitrogens with zero attached hydrogens (tertiary/aromatic N) is 2. The van der Waals surface area contributed by atoms with Crippen molar-refractivity contribution in [3.8, 4) is 22.4 Å². The van der Waals surface area contributed by atoms with Gasteiger partial charge in [0.2, 0.25) is 0 Å². The van der Waals surface area contributed by atoms with Crippen molar-refractivity contribution in [1.82, 2.24) is 4.98 Å². The molecule has 0 aliphatic heterocycles. The van der Waals surface area contributed by atoms with Crippen molar-refractivity contribution in [2.75, 3.05) is 4.90 Å². The second-order valence-corrected chi connectivity index (χ2v) is 12.6. The summed E-state index contributed by atoms with van der Waals surface area (Å²) in [6.45, 7) is 0. The first-order chi connectivity index (χ1) is 22.8. The lowest BCUT2D eigenvalue weighted by Gasteiger charge is -2.27. The molecule has 0 spiro atoms. The molecular weight excluding hydrogens is 577 g/mol. The van der Waals surface area contributed by atoms with Crippen molar-refractivity contribution in [2.24, 2.45) is 0 Å². The zero-order chi connectivity index (χ0) is 30.5. The smallest absolute Gasteiger partial charge is 0.0789 e. The summed E-state index contributed by atoms with van der Waals surface area (Å²) in [5, 5.41) is 6.14. The lowest BCUT2D eigenvalue weighted by Crippen LogP contribution is -2.10. The summed E-state index contributed by atoms with van der Waals surface area (Å²) in [4.78, 5) is 7.75. The van der Waals surface area contributed by atoms with Crippen molar-refractivity contribution in [2.45, 2.75) is 0 Å². The number of hydrogen-bond donors (Lipinski definition) is 0. The third-order valence-electron chi connectivity index (χ3n) is 8.80. The van der Waals surface area contributed by atoms with E-state index in [1.54, 1.807) is 0 Å². The fraction of sp³-hybridized carbons (Fsp3) is 0. The zero-order valence-electron chi connectivity index (χ0n) is 25.0. The Kier molecular flexibility index (Phi) is 6.36. The Morgan fingerprint density at radius 1 is 0.435 bits per heavy atom. The van der Waals surface area contributed by atoms with Crippen LogP contribution in [0.2, 0.25) is 0 Å². The highest BCUT2D eigenvalue weighted by Crippen LogP contribution is 2.50. The minimum atomic E-state index is 0.999. The van der Waals surface area contributed by atoms with E-state index in [-0.39, 0.29) is 0 Å². The number of aromatic nitrogens is 1. The predicted octanol–water partition coefficient (Wildman–Crippen LogP) is 12.6. The Morgan fingerprint density at radius 2 is 1.04 bits per heavy atom. The van der Waals surface area contributed by atoms with Crippen LogP contribution >= 0.6 is 11.3 Å². The van der Waals surface area contributed by atoms with E-state index >= 15 is 0 Å².